The Bertz CT molecular complexity index is 1050. The highest BCUT2D eigenvalue weighted by Gasteiger charge is 2.33. The van der Waals surface area contributed by atoms with Crippen LogP contribution >= 0.6 is 11.3 Å². The summed E-state index contributed by atoms with van der Waals surface area (Å²) in [4.78, 5) is 4.56. The zero-order chi connectivity index (χ0) is 18.4. The number of aromatic nitrogens is 4. The molecule has 0 radical (unpaired) electrons. The van der Waals surface area contributed by atoms with Crippen molar-refractivity contribution >= 4 is 32.6 Å². The molecule has 0 saturated carbocycles. The molecule has 3 aromatic rings. The Labute approximate surface area is 161 Å². The van der Waals surface area contributed by atoms with Crippen molar-refractivity contribution in [2.45, 2.75) is 12.5 Å². The third-order valence-electron chi connectivity index (χ3n) is 5.39. The molecule has 0 aromatic carbocycles. The predicted molar refractivity (Wildman–Crippen MR) is 105 cm³/mol. The molecule has 1 atom stereocenters. The summed E-state index contributed by atoms with van der Waals surface area (Å²) in [5, 5.41) is 17.3. The standard InChI is InChI=1S/C17H20N6O2S2/c24-27(25)10-4-14(12-27)21-5-7-22(8-6-21)16-2-1-15-18-19-17(23(15)20-16)13-3-9-26-11-13/h1-3,9,11,14H,4-8,10,12H2. The molecular weight excluding hydrogens is 384 g/mol. The van der Waals surface area contributed by atoms with E-state index in [0.717, 1.165) is 55.5 Å². The highest BCUT2D eigenvalue weighted by molar-refractivity contribution is 7.91. The largest absolute Gasteiger partial charge is 0.353 e. The van der Waals surface area contributed by atoms with Gasteiger partial charge in [-0.05, 0) is 30.0 Å². The Balaban J connectivity index is 1.34. The van der Waals surface area contributed by atoms with Crippen molar-refractivity contribution in [3.05, 3.63) is 29.0 Å². The van der Waals surface area contributed by atoms with Crippen LogP contribution < -0.4 is 4.90 Å². The van der Waals surface area contributed by atoms with E-state index in [2.05, 4.69) is 20.0 Å². The molecule has 2 fully saturated rings. The van der Waals surface area contributed by atoms with Crippen LogP contribution in [0.1, 0.15) is 6.42 Å². The van der Waals surface area contributed by atoms with Crippen LogP contribution in [0.5, 0.6) is 0 Å². The average Bonchev–Trinajstić information content (AvgIpc) is 3.40. The number of hydrogen-bond acceptors (Lipinski definition) is 8. The van der Waals surface area contributed by atoms with Crippen molar-refractivity contribution in [3.63, 3.8) is 0 Å². The van der Waals surface area contributed by atoms with Gasteiger partial charge in [0.2, 0.25) is 0 Å². The summed E-state index contributed by atoms with van der Waals surface area (Å²) in [5.74, 6) is 2.29. The first-order chi connectivity index (χ1) is 13.1. The Morgan fingerprint density at radius 1 is 1.07 bits per heavy atom. The fraction of sp³-hybridized carbons (Fsp3) is 0.471. The van der Waals surface area contributed by atoms with Crippen molar-refractivity contribution in [2.75, 3.05) is 42.6 Å². The van der Waals surface area contributed by atoms with Gasteiger partial charge < -0.3 is 4.90 Å². The Hall–Kier alpha value is -2.04. The molecule has 3 aromatic heterocycles. The Morgan fingerprint density at radius 2 is 1.93 bits per heavy atom. The minimum Gasteiger partial charge on any atom is -0.353 e. The fourth-order valence-corrected chi connectivity index (χ4v) is 6.30. The van der Waals surface area contributed by atoms with Gasteiger partial charge in [-0.25, -0.2) is 8.42 Å². The molecule has 0 aliphatic carbocycles. The van der Waals surface area contributed by atoms with Crippen LogP contribution in [0.2, 0.25) is 0 Å². The molecule has 10 heteroatoms. The second kappa shape index (κ2) is 6.54. The smallest absolute Gasteiger partial charge is 0.186 e. The molecule has 27 heavy (non-hydrogen) atoms. The second-order valence-electron chi connectivity index (χ2n) is 7.08. The molecule has 0 spiro atoms. The summed E-state index contributed by atoms with van der Waals surface area (Å²) in [5.41, 5.74) is 1.75. The summed E-state index contributed by atoms with van der Waals surface area (Å²) < 4.78 is 25.3. The molecular formula is C17H20N6O2S2. The van der Waals surface area contributed by atoms with E-state index >= 15 is 0 Å². The van der Waals surface area contributed by atoms with Crippen LogP contribution in [0.3, 0.4) is 0 Å². The van der Waals surface area contributed by atoms with Gasteiger partial charge in [0.1, 0.15) is 5.82 Å². The van der Waals surface area contributed by atoms with Crippen LogP contribution in [0, 0.1) is 0 Å². The number of hydrogen-bond donors (Lipinski definition) is 0. The first-order valence-corrected chi connectivity index (χ1v) is 11.8. The Morgan fingerprint density at radius 3 is 2.63 bits per heavy atom. The van der Waals surface area contributed by atoms with E-state index < -0.39 is 9.84 Å². The van der Waals surface area contributed by atoms with Gasteiger partial charge in [0.05, 0.1) is 11.5 Å². The van der Waals surface area contributed by atoms with Gasteiger partial charge in [-0.2, -0.15) is 15.9 Å². The van der Waals surface area contributed by atoms with E-state index in [0.29, 0.717) is 11.5 Å². The summed E-state index contributed by atoms with van der Waals surface area (Å²) >= 11 is 1.62. The van der Waals surface area contributed by atoms with E-state index in [-0.39, 0.29) is 6.04 Å². The first kappa shape index (κ1) is 17.1. The van der Waals surface area contributed by atoms with Crippen molar-refractivity contribution in [2.24, 2.45) is 0 Å². The third-order valence-corrected chi connectivity index (χ3v) is 7.82. The number of sulfone groups is 1. The lowest BCUT2D eigenvalue weighted by Crippen LogP contribution is -2.51. The monoisotopic (exact) mass is 404 g/mol. The number of fused-ring (bicyclic) bond motifs is 1. The molecule has 2 aliphatic rings. The number of nitrogens with zero attached hydrogens (tertiary/aromatic N) is 6. The topological polar surface area (TPSA) is 83.7 Å². The Kier molecular flexibility index (Phi) is 4.14. The average molecular weight is 405 g/mol. The molecule has 142 valence electrons. The van der Waals surface area contributed by atoms with Gasteiger partial charge in [-0.15, -0.1) is 15.3 Å². The van der Waals surface area contributed by atoms with Gasteiger partial charge >= 0.3 is 0 Å². The molecule has 5 rings (SSSR count). The lowest BCUT2D eigenvalue weighted by atomic mass is 10.2. The van der Waals surface area contributed by atoms with Gasteiger partial charge in [0, 0.05) is 43.2 Å². The van der Waals surface area contributed by atoms with Gasteiger partial charge in [-0.1, -0.05) is 0 Å². The van der Waals surface area contributed by atoms with Crippen LogP contribution in [0.15, 0.2) is 29.0 Å². The number of piperazine rings is 1. The third kappa shape index (κ3) is 3.21. The maximum absolute atomic E-state index is 11.7. The lowest BCUT2D eigenvalue weighted by molar-refractivity contribution is 0.200. The van der Waals surface area contributed by atoms with E-state index in [1.54, 1.807) is 15.9 Å². The quantitative estimate of drug-likeness (QED) is 0.648. The molecule has 2 saturated heterocycles. The van der Waals surface area contributed by atoms with Crippen LogP contribution in [-0.4, -0.2) is 76.9 Å². The molecule has 0 bridgehead atoms. The molecule has 8 nitrogen and oxygen atoms in total. The van der Waals surface area contributed by atoms with Crippen molar-refractivity contribution in [3.8, 4) is 11.4 Å². The summed E-state index contributed by atoms with van der Waals surface area (Å²) in [6.07, 6.45) is 0.761. The van der Waals surface area contributed by atoms with Crippen LogP contribution in [-0.2, 0) is 9.84 Å². The molecule has 0 amide bonds. The van der Waals surface area contributed by atoms with E-state index in [1.807, 2.05) is 29.0 Å². The molecule has 5 heterocycles. The summed E-state index contributed by atoms with van der Waals surface area (Å²) in [7, 11) is -2.84. The number of anilines is 1. The van der Waals surface area contributed by atoms with Gasteiger partial charge in [-0.3, -0.25) is 4.90 Å². The lowest BCUT2D eigenvalue weighted by Gasteiger charge is -2.38. The van der Waals surface area contributed by atoms with Gasteiger partial charge in [0.25, 0.3) is 0 Å². The van der Waals surface area contributed by atoms with Gasteiger partial charge in [0.15, 0.2) is 21.3 Å². The highest BCUT2D eigenvalue weighted by atomic mass is 32.2. The molecule has 2 aliphatic heterocycles. The summed E-state index contributed by atoms with van der Waals surface area (Å²) in [6.45, 7) is 3.40. The van der Waals surface area contributed by atoms with E-state index in [9.17, 15) is 8.42 Å². The fourth-order valence-electron chi connectivity index (χ4n) is 3.90. The summed E-state index contributed by atoms with van der Waals surface area (Å²) in [6, 6.07) is 6.12. The SMILES string of the molecule is O=S1(=O)CCC(N2CCN(c3ccc4nnc(-c5ccsc5)n4n3)CC2)C1. The molecule has 1 unspecified atom stereocenters. The van der Waals surface area contributed by atoms with E-state index in [4.69, 9.17) is 5.10 Å². The minimum absolute atomic E-state index is 0.177. The van der Waals surface area contributed by atoms with Crippen LogP contribution in [0.25, 0.3) is 17.0 Å². The predicted octanol–water partition coefficient (Wildman–Crippen LogP) is 1.16. The van der Waals surface area contributed by atoms with Crippen molar-refractivity contribution in [1.29, 1.82) is 0 Å². The van der Waals surface area contributed by atoms with Crippen LogP contribution in [0.4, 0.5) is 5.82 Å². The second-order valence-corrected chi connectivity index (χ2v) is 10.1. The van der Waals surface area contributed by atoms with Crippen molar-refractivity contribution in [1.82, 2.24) is 24.7 Å². The highest BCUT2D eigenvalue weighted by Crippen LogP contribution is 2.23. The minimum atomic E-state index is -2.84. The van der Waals surface area contributed by atoms with E-state index in [1.165, 1.54) is 0 Å². The number of rotatable bonds is 3. The zero-order valence-electron chi connectivity index (χ0n) is 14.7. The first-order valence-electron chi connectivity index (χ1n) is 9.03. The maximum Gasteiger partial charge on any atom is 0.186 e. The molecule has 0 N–H and O–H groups in total. The maximum atomic E-state index is 11.7. The zero-order valence-corrected chi connectivity index (χ0v) is 16.4. The van der Waals surface area contributed by atoms with Crippen molar-refractivity contribution < 1.29 is 8.42 Å². The number of thiophene rings is 1. The normalized spacial score (nSPS) is 23.3.